The van der Waals surface area contributed by atoms with Crippen LogP contribution in [0, 0.1) is 11.8 Å². The predicted molar refractivity (Wildman–Crippen MR) is 163 cm³/mol. The topological polar surface area (TPSA) is 92.3 Å². The Kier molecular flexibility index (Phi) is 27.1. The van der Waals surface area contributed by atoms with Gasteiger partial charge in [-0.25, -0.2) is 0 Å². The Bertz CT molecular complexity index is 615. The van der Waals surface area contributed by atoms with Crippen LogP contribution in [0.2, 0.25) is 0 Å². The van der Waals surface area contributed by atoms with Crippen LogP contribution in [0.5, 0.6) is 11.5 Å². The third kappa shape index (κ3) is 27.3. The highest BCUT2D eigenvalue weighted by atomic mass is 16.6. The maximum atomic E-state index is 5.70. The lowest BCUT2D eigenvalue weighted by Crippen LogP contribution is -2.14. The molecule has 0 fully saturated rings. The summed E-state index contributed by atoms with van der Waals surface area (Å²) < 4.78 is 55.4. The summed E-state index contributed by atoms with van der Waals surface area (Å²) in [6.45, 7) is 19.0. The molecule has 0 aliphatic rings. The average molecular weight is 603 g/mol. The summed E-state index contributed by atoms with van der Waals surface area (Å²) in [6.07, 6.45) is 2.16. The van der Waals surface area contributed by atoms with E-state index in [4.69, 9.17) is 47.4 Å². The fourth-order valence-electron chi connectivity index (χ4n) is 3.23. The van der Waals surface area contributed by atoms with Crippen molar-refractivity contribution in [2.75, 3.05) is 119 Å². The van der Waals surface area contributed by atoms with E-state index < -0.39 is 0 Å². The van der Waals surface area contributed by atoms with Gasteiger partial charge in [0.2, 0.25) is 0 Å². The quantitative estimate of drug-likeness (QED) is 0.108. The molecule has 0 aliphatic heterocycles. The zero-order valence-corrected chi connectivity index (χ0v) is 26.7. The Labute approximate surface area is 254 Å². The van der Waals surface area contributed by atoms with Gasteiger partial charge in [-0.05, 0) is 48.9 Å². The Morgan fingerprint density at radius 2 is 0.548 bits per heavy atom. The van der Waals surface area contributed by atoms with Crippen LogP contribution in [-0.4, -0.2) is 119 Å². The molecule has 42 heavy (non-hydrogen) atoms. The Hall–Kier alpha value is -1.50. The van der Waals surface area contributed by atoms with Crippen molar-refractivity contribution >= 4 is 0 Å². The number of benzene rings is 1. The summed E-state index contributed by atoms with van der Waals surface area (Å²) in [5, 5.41) is 0. The second kappa shape index (κ2) is 29.6. The molecule has 0 bridgehead atoms. The first-order valence-corrected chi connectivity index (χ1v) is 15.6. The van der Waals surface area contributed by atoms with Gasteiger partial charge >= 0.3 is 0 Å². The number of hydrogen-bond donors (Lipinski definition) is 0. The lowest BCUT2D eigenvalue weighted by atomic mass is 10.1. The molecular formula is C32H58O10. The van der Waals surface area contributed by atoms with Gasteiger partial charge < -0.3 is 47.4 Å². The minimum absolute atomic E-state index is 0.467. The standard InChI is InChI=1S/C32H58O10/c1-29(2)9-11-33-13-15-35-17-19-37-21-23-39-25-27-41-31-5-7-32(8-6-31)42-28-26-40-24-22-38-20-18-36-16-14-34-12-10-30(3)4/h5-8,29-30H,9-28H2,1-4H3. The molecule has 246 valence electrons. The van der Waals surface area contributed by atoms with Crippen molar-refractivity contribution in [2.45, 2.75) is 40.5 Å². The number of rotatable bonds is 32. The van der Waals surface area contributed by atoms with Gasteiger partial charge in [0.1, 0.15) is 24.7 Å². The molecule has 0 spiro atoms. The third-order valence-corrected chi connectivity index (χ3v) is 5.73. The van der Waals surface area contributed by atoms with Gasteiger partial charge in [-0.15, -0.1) is 0 Å². The molecule has 0 aromatic heterocycles. The van der Waals surface area contributed by atoms with E-state index in [9.17, 15) is 0 Å². The van der Waals surface area contributed by atoms with Crippen LogP contribution >= 0.6 is 0 Å². The summed E-state index contributed by atoms with van der Waals surface area (Å²) in [5.41, 5.74) is 0. The van der Waals surface area contributed by atoms with Gasteiger partial charge in [0.05, 0.1) is 92.5 Å². The zero-order chi connectivity index (χ0) is 30.4. The Morgan fingerprint density at radius 3 is 0.786 bits per heavy atom. The normalized spacial score (nSPS) is 11.6. The number of ether oxygens (including phenoxy) is 10. The maximum absolute atomic E-state index is 5.70. The van der Waals surface area contributed by atoms with E-state index in [2.05, 4.69) is 27.7 Å². The summed E-state index contributed by atoms with van der Waals surface area (Å²) in [7, 11) is 0. The lowest BCUT2D eigenvalue weighted by molar-refractivity contribution is -0.00547. The van der Waals surface area contributed by atoms with Gasteiger partial charge in [0, 0.05) is 13.2 Å². The summed E-state index contributed by atoms with van der Waals surface area (Å²) in [6, 6.07) is 7.51. The van der Waals surface area contributed by atoms with Crippen LogP contribution in [0.3, 0.4) is 0 Å². The zero-order valence-electron chi connectivity index (χ0n) is 26.7. The molecule has 0 radical (unpaired) electrons. The SMILES string of the molecule is CC(C)CCOCCOCCOCCOCCOc1ccc(OCCOCCOCCOCCOCCC(C)C)cc1. The van der Waals surface area contributed by atoms with Crippen molar-refractivity contribution < 1.29 is 47.4 Å². The molecule has 0 amide bonds. The monoisotopic (exact) mass is 602 g/mol. The van der Waals surface area contributed by atoms with Crippen molar-refractivity contribution in [3.05, 3.63) is 24.3 Å². The van der Waals surface area contributed by atoms with Gasteiger partial charge in [-0.3, -0.25) is 0 Å². The highest BCUT2D eigenvalue weighted by molar-refractivity contribution is 5.31. The second-order valence-electron chi connectivity index (χ2n) is 10.4. The number of hydrogen-bond acceptors (Lipinski definition) is 10. The van der Waals surface area contributed by atoms with Crippen molar-refractivity contribution in [3.63, 3.8) is 0 Å². The fourth-order valence-corrected chi connectivity index (χ4v) is 3.23. The van der Waals surface area contributed by atoms with Gasteiger partial charge in [-0.2, -0.15) is 0 Å². The molecule has 1 rings (SSSR count). The lowest BCUT2D eigenvalue weighted by Gasteiger charge is -2.10. The van der Waals surface area contributed by atoms with Gasteiger partial charge in [-0.1, -0.05) is 27.7 Å². The van der Waals surface area contributed by atoms with E-state index in [1.165, 1.54) is 0 Å². The minimum atomic E-state index is 0.467. The van der Waals surface area contributed by atoms with E-state index >= 15 is 0 Å². The van der Waals surface area contributed by atoms with E-state index in [0.717, 1.165) is 37.6 Å². The van der Waals surface area contributed by atoms with Gasteiger partial charge in [0.15, 0.2) is 0 Å². The van der Waals surface area contributed by atoms with Crippen LogP contribution in [0.15, 0.2) is 24.3 Å². The third-order valence-electron chi connectivity index (χ3n) is 5.73. The molecule has 0 saturated heterocycles. The molecule has 1 aromatic carbocycles. The Morgan fingerprint density at radius 1 is 0.333 bits per heavy atom. The molecular weight excluding hydrogens is 544 g/mol. The van der Waals surface area contributed by atoms with Crippen LogP contribution < -0.4 is 9.47 Å². The largest absolute Gasteiger partial charge is 0.491 e. The van der Waals surface area contributed by atoms with Crippen molar-refractivity contribution in [1.82, 2.24) is 0 Å². The first-order valence-electron chi connectivity index (χ1n) is 15.6. The molecule has 10 heteroatoms. The van der Waals surface area contributed by atoms with E-state index in [1.807, 2.05) is 24.3 Å². The molecule has 10 nitrogen and oxygen atoms in total. The van der Waals surface area contributed by atoms with Crippen LogP contribution in [-0.2, 0) is 37.9 Å². The van der Waals surface area contributed by atoms with Gasteiger partial charge in [0.25, 0.3) is 0 Å². The maximum Gasteiger partial charge on any atom is 0.119 e. The molecule has 0 N–H and O–H groups in total. The highest BCUT2D eigenvalue weighted by Crippen LogP contribution is 2.17. The van der Waals surface area contributed by atoms with Crippen molar-refractivity contribution in [2.24, 2.45) is 11.8 Å². The summed E-state index contributed by atoms with van der Waals surface area (Å²) in [5.74, 6) is 2.87. The van der Waals surface area contributed by atoms with Crippen LogP contribution in [0.1, 0.15) is 40.5 Å². The first-order chi connectivity index (χ1) is 20.6. The first kappa shape index (κ1) is 38.5. The average Bonchev–Trinajstić information content (AvgIpc) is 2.97. The fraction of sp³-hybridized carbons (Fsp3) is 0.812. The van der Waals surface area contributed by atoms with Crippen LogP contribution in [0.4, 0.5) is 0 Å². The Balaban J connectivity index is 1.82. The van der Waals surface area contributed by atoms with Crippen molar-refractivity contribution in [1.29, 1.82) is 0 Å². The van der Waals surface area contributed by atoms with Crippen LogP contribution in [0.25, 0.3) is 0 Å². The molecule has 1 aromatic rings. The van der Waals surface area contributed by atoms with E-state index in [1.54, 1.807) is 0 Å². The van der Waals surface area contributed by atoms with Crippen molar-refractivity contribution in [3.8, 4) is 11.5 Å². The second-order valence-corrected chi connectivity index (χ2v) is 10.4. The minimum Gasteiger partial charge on any atom is -0.491 e. The van der Waals surface area contributed by atoms with E-state index in [-0.39, 0.29) is 0 Å². The molecule has 0 aliphatic carbocycles. The molecule has 0 atom stereocenters. The van der Waals surface area contributed by atoms with E-state index in [0.29, 0.717) is 118 Å². The molecule has 0 heterocycles. The molecule has 0 unspecified atom stereocenters. The predicted octanol–water partition coefficient (Wildman–Crippen LogP) is 4.67. The highest BCUT2D eigenvalue weighted by Gasteiger charge is 1.99. The summed E-state index contributed by atoms with van der Waals surface area (Å²) >= 11 is 0. The summed E-state index contributed by atoms with van der Waals surface area (Å²) in [4.78, 5) is 0. The smallest absolute Gasteiger partial charge is 0.119 e. The molecule has 0 saturated carbocycles.